The fraction of sp³-hybridized carbons (Fsp3) is 0.154. The van der Waals surface area contributed by atoms with Gasteiger partial charge < -0.3 is 5.73 Å². The topological polar surface area (TPSA) is 82.4 Å². The Morgan fingerprint density at radius 1 is 1.20 bits per heavy atom. The van der Waals surface area contributed by atoms with Gasteiger partial charge in [0.25, 0.3) is 5.56 Å². The number of nitrogen functional groups attached to an aromatic ring is 1. The maximum Gasteiger partial charge on any atom is 0.332 e. The molecule has 2 aromatic rings. The summed E-state index contributed by atoms with van der Waals surface area (Å²) < 4.78 is 15.5. The lowest BCUT2D eigenvalue weighted by atomic mass is 10.2. The van der Waals surface area contributed by atoms with Crippen molar-refractivity contribution >= 4 is 17.7 Å². The van der Waals surface area contributed by atoms with Crippen LogP contribution in [0.25, 0.3) is 0 Å². The number of nitrogens with zero attached hydrogens (tertiary/aromatic N) is 3. The molecule has 1 heterocycles. The van der Waals surface area contributed by atoms with Crippen LogP contribution in [-0.4, -0.2) is 15.3 Å². The summed E-state index contributed by atoms with van der Waals surface area (Å²) in [4.78, 5) is 27.5. The standard InChI is InChI=1S/C13H13FN4O2/c1-17-11(15)10(12(19)18(2)13(17)20)16-7-8-5-3-4-6-9(8)14/h3-7H,15H2,1-2H3. The summed E-state index contributed by atoms with van der Waals surface area (Å²) in [5.74, 6) is -0.526. The van der Waals surface area contributed by atoms with Gasteiger partial charge in [-0.1, -0.05) is 18.2 Å². The van der Waals surface area contributed by atoms with Gasteiger partial charge in [-0.25, -0.2) is 14.2 Å². The Labute approximate surface area is 113 Å². The summed E-state index contributed by atoms with van der Waals surface area (Å²) in [6.07, 6.45) is 1.20. The van der Waals surface area contributed by atoms with Crippen molar-refractivity contribution in [3.63, 3.8) is 0 Å². The van der Waals surface area contributed by atoms with Crippen LogP contribution in [0.15, 0.2) is 38.8 Å². The van der Waals surface area contributed by atoms with Crippen LogP contribution in [0.2, 0.25) is 0 Å². The van der Waals surface area contributed by atoms with Gasteiger partial charge in [-0.05, 0) is 6.07 Å². The predicted molar refractivity (Wildman–Crippen MR) is 75.0 cm³/mol. The minimum absolute atomic E-state index is 0.0642. The van der Waals surface area contributed by atoms with Crippen LogP contribution in [-0.2, 0) is 14.1 Å². The first-order valence-electron chi connectivity index (χ1n) is 5.77. The Balaban J connectivity index is 2.59. The predicted octanol–water partition coefficient (Wildman–Crippen LogP) is 0.556. The normalized spacial score (nSPS) is 11.2. The van der Waals surface area contributed by atoms with Crippen LogP contribution in [0.1, 0.15) is 5.56 Å². The average Bonchev–Trinajstić information content (AvgIpc) is 2.45. The Kier molecular flexibility index (Phi) is 3.51. The summed E-state index contributed by atoms with van der Waals surface area (Å²) in [6.45, 7) is 0. The Hall–Kier alpha value is -2.70. The lowest BCUT2D eigenvalue weighted by Gasteiger charge is -2.08. The quantitative estimate of drug-likeness (QED) is 0.813. The number of aromatic nitrogens is 2. The smallest absolute Gasteiger partial charge is 0.332 e. The van der Waals surface area contributed by atoms with Crippen LogP contribution in [0.3, 0.4) is 0 Å². The molecule has 104 valence electrons. The minimum atomic E-state index is -0.627. The van der Waals surface area contributed by atoms with E-state index in [4.69, 9.17) is 5.73 Å². The highest BCUT2D eigenvalue weighted by molar-refractivity contribution is 5.83. The molecule has 0 spiro atoms. The van der Waals surface area contributed by atoms with Gasteiger partial charge in [0.1, 0.15) is 11.6 Å². The summed E-state index contributed by atoms with van der Waals surface area (Å²) >= 11 is 0. The summed E-state index contributed by atoms with van der Waals surface area (Å²) in [6, 6.07) is 5.99. The van der Waals surface area contributed by atoms with Crippen molar-refractivity contribution in [1.82, 2.24) is 9.13 Å². The molecule has 0 bridgehead atoms. The van der Waals surface area contributed by atoms with Gasteiger partial charge >= 0.3 is 5.69 Å². The third kappa shape index (κ3) is 2.25. The molecule has 0 saturated carbocycles. The van der Waals surface area contributed by atoms with E-state index in [2.05, 4.69) is 4.99 Å². The van der Waals surface area contributed by atoms with Gasteiger partial charge in [-0.3, -0.25) is 13.9 Å². The summed E-state index contributed by atoms with van der Waals surface area (Å²) in [5.41, 5.74) is 4.65. The van der Waals surface area contributed by atoms with Crippen LogP contribution in [0.4, 0.5) is 15.9 Å². The molecule has 2 N–H and O–H groups in total. The maximum absolute atomic E-state index is 13.5. The average molecular weight is 276 g/mol. The highest BCUT2D eigenvalue weighted by atomic mass is 19.1. The molecule has 1 aromatic heterocycles. The van der Waals surface area contributed by atoms with Crippen molar-refractivity contribution < 1.29 is 4.39 Å². The lowest BCUT2D eigenvalue weighted by molar-refractivity contribution is 0.626. The van der Waals surface area contributed by atoms with E-state index in [0.29, 0.717) is 0 Å². The van der Waals surface area contributed by atoms with Gasteiger partial charge in [-0.2, -0.15) is 0 Å². The molecular weight excluding hydrogens is 263 g/mol. The van der Waals surface area contributed by atoms with Crippen LogP contribution < -0.4 is 17.0 Å². The zero-order valence-electron chi connectivity index (χ0n) is 11.0. The molecule has 0 aliphatic heterocycles. The summed E-state index contributed by atoms with van der Waals surface area (Å²) in [7, 11) is 2.76. The number of hydrogen-bond acceptors (Lipinski definition) is 4. The maximum atomic E-state index is 13.5. The van der Waals surface area contributed by atoms with E-state index in [0.717, 1.165) is 9.13 Å². The van der Waals surface area contributed by atoms with E-state index in [-0.39, 0.29) is 17.1 Å². The SMILES string of the molecule is Cn1c(N)c(N=Cc2ccccc2F)c(=O)n(C)c1=O. The molecule has 0 unspecified atom stereocenters. The second kappa shape index (κ2) is 5.12. The Bertz CT molecular complexity index is 805. The molecule has 2 rings (SSSR count). The number of benzene rings is 1. The molecule has 1 aromatic carbocycles. The fourth-order valence-corrected chi connectivity index (χ4v) is 1.68. The van der Waals surface area contributed by atoms with E-state index in [1.807, 2.05) is 0 Å². The van der Waals surface area contributed by atoms with Gasteiger partial charge in [0, 0.05) is 25.9 Å². The second-order valence-electron chi connectivity index (χ2n) is 4.22. The van der Waals surface area contributed by atoms with Crippen molar-refractivity contribution in [3.8, 4) is 0 Å². The first-order valence-corrected chi connectivity index (χ1v) is 5.77. The van der Waals surface area contributed by atoms with Crippen molar-refractivity contribution in [2.45, 2.75) is 0 Å². The molecule has 7 heteroatoms. The molecule has 0 atom stereocenters. The van der Waals surface area contributed by atoms with E-state index in [1.54, 1.807) is 12.1 Å². The highest BCUT2D eigenvalue weighted by Crippen LogP contribution is 2.14. The van der Waals surface area contributed by atoms with Crippen molar-refractivity contribution in [2.75, 3.05) is 5.73 Å². The van der Waals surface area contributed by atoms with E-state index >= 15 is 0 Å². The second-order valence-corrected chi connectivity index (χ2v) is 4.22. The molecule has 0 saturated heterocycles. The zero-order chi connectivity index (χ0) is 14.9. The van der Waals surface area contributed by atoms with Gasteiger partial charge in [-0.15, -0.1) is 0 Å². The fourth-order valence-electron chi connectivity index (χ4n) is 1.68. The monoisotopic (exact) mass is 276 g/mol. The molecule has 20 heavy (non-hydrogen) atoms. The molecule has 0 fully saturated rings. The molecule has 0 amide bonds. The van der Waals surface area contributed by atoms with Crippen molar-refractivity contribution in [3.05, 3.63) is 56.5 Å². The molecule has 0 aliphatic carbocycles. The Morgan fingerprint density at radius 3 is 2.50 bits per heavy atom. The van der Waals surface area contributed by atoms with E-state index in [9.17, 15) is 14.0 Å². The molecule has 6 nitrogen and oxygen atoms in total. The molecule has 0 radical (unpaired) electrons. The van der Waals surface area contributed by atoms with Crippen LogP contribution >= 0.6 is 0 Å². The third-order valence-electron chi connectivity index (χ3n) is 2.92. The van der Waals surface area contributed by atoms with E-state index < -0.39 is 17.1 Å². The number of rotatable bonds is 2. The zero-order valence-corrected chi connectivity index (χ0v) is 11.0. The van der Waals surface area contributed by atoms with Crippen LogP contribution in [0.5, 0.6) is 0 Å². The van der Waals surface area contributed by atoms with Gasteiger partial charge in [0.15, 0.2) is 5.69 Å². The minimum Gasteiger partial charge on any atom is -0.383 e. The number of nitrogens with two attached hydrogens (primary N) is 1. The third-order valence-corrected chi connectivity index (χ3v) is 2.92. The van der Waals surface area contributed by atoms with Gasteiger partial charge in [0.2, 0.25) is 0 Å². The Morgan fingerprint density at radius 2 is 1.85 bits per heavy atom. The molecule has 0 aliphatic rings. The number of anilines is 1. The van der Waals surface area contributed by atoms with Crippen LogP contribution in [0, 0.1) is 5.82 Å². The number of halogens is 1. The van der Waals surface area contributed by atoms with Gasteiger partial charge in [0.05, 0.1) is 0 Å². The molecular formula is C13H13FN4O2. The van der Waals surface area contributed by atoms with E-state index in [1.165, 1.54) is 32.4 Å². The number of hydrogen-bond donors (Lipinski definition) is 1. The van der Waals surface area contributed by atoms with Crippen molar-refractivity contribution in [2.24, 2.45) is 19.1 Å². The highest BCUT2D eigenvalue weighted by Gasteiger charge is 2.11. The first kappa shape index (κ1) is 13.7. The number of aliphatic imine (C=N–C) groups is 1. The lowest BCUT2D eigenvalue weighted by Crippen LogP contribution is -2.37. The first-order chi connectivity index (χ1) is 9.43. The van der Waals surface area contributed by atoms with Crippen molar-refractivity contribution in [1.29, 1.82) is 0 Å². The largest absolute Gasteiger partial charge is 0.383 e. The summed E-state index contributed by atoms with van der Waals surface area (Å²) in [5, 5.41) is 0.